The van der Waals surface area contributed by atoms with Crippen LogP contribution in [0, 0.1) is 5.92 Å². The third-order valence-electron chi connectivity index (χ3n) is 5.37. The number of aromatic nitrogens is 3. The number of aromatic amines is 1. The second-order valence-electron chi connectivity index (χ2n) is 7.18. The van der Waals surface area contributed by atoms with Gasteiger partial charge < -0.3 is 20.1 Å². The summed E-state index contributed by atoms with van der Waals surface area (Å²) in [4.78, 5) is 28.0. The first-order chi connectivity index (χ1) is 12.8. The van der Waals surface area contributed by atoms with Crippen molar-refractivity contribution in [3.8, 4) is 11.3 Å². The van der Waals surface area contributed by atoms with Crippen molar-refractivity contribution >= 4 is 5.82 Å². The molecule has 138 valence electrons. The fraction of sp³-hybridized carbons (Fsp3) is 0.526. The molecular formula is C19H26N6O. The van der Waals surface area contributed by atoms with Crippen molar-refractivity contribution in [3.05, 3.63) is 41.1 Å². The summed E-state index contributed by atoms with van der Waals surface area (Å²) in [6.45, 7) is 7.63. The summed E-state index contributed by atoms with van der Waals surface area (Å²) in [5.41, 5.74) is 1.38. The first-order valence-electron chi connectivity index (χ1n) is 9.48. The summed E-state index contributed by atoms with van der Waals surface area (Å²) in [5, 5.41) is 3.41. The van der Waals surface area contributed by atoms with Gasteiger partial charge in [-0.3, -0.25) is 4.98 Å². The number of nitrogens with zero attached hydrogens (tertiary/aromatic N) is 4. The smallest absolute Gasteiger partial charge is 0.347 e. The predicted octanol–water partition coefficient (Wildman–Crippen LogP) is 0.954. The van der Waals surface area contributed by atoms with E-state index in [1.807, 2.05) is 18.2 Å². The molecule has 0 unspecified atom stereocenters. The van der Waals surface area contributed by atoms with Crippen molar-refractivity contribution in [2.45, 2.75) is 12.8 Å². The van der Waals surface area contributed by atoms with Crippen LogP contribution in [-0.4, -0.2) is 65.7 Å². The van der Waals surface area contributed by atoms with E-state index in [0.717, 1.165) is 75.1 Å². The van der Waals surface area contributed by atoms with Crippen molar-refractivity contribution in [2.75, 3.05) is 50.7 Å². The molecule has 2 N–H and O–H groups in total. The zero-order chi connectivity index (χ0) is 17.8. The zero-order valence-corrected chi connectivity index (χ0v) is 15.0. The molecule has 7 heteroatoms. The van der Waals surface area contributed by atoms with E-state index in [1.165, 1.54) is 6.54 Å². The van der Waals surface area contributed by atoms with Gasteiger partial charge in [-0.25, -0.2) is 4.79 Å². The summed E-state index contributed by atoms with van der Waals surface area (Å²) in [6, 6.07) is 5.78. The molecule has 0 atom stereocenters. The third-order valence-corrected chi connectivity index (χ3v) is 5.37. The highest BCUT2D eigenvalue weighted by atomic mass is 16.1. The van der Waals surface area contributed by atoms with Crippen LogP contribution < -0.4 is 15.9 Å². The van der Waals surface area contributed by atoms with Crippen molar-refractivity contribution < 1.29 is 0 Å². The number of pyridine rings is 1. The quantitative estimate of drug-likeness (QED) is 0.851. The van der Waals surface area contributed by atoms with Crippen LogP contribution in [0.15, 0.2) is 35.4 Å². The van der Waals surface area contributed by atoms with Crippen LogP contribution in [0.5, 0.6) is 0 Å². The van der Waals surface area contributed by atoms with Crippen LogP contribution in [0.25, 0.3) is 11.3 Å². The maximum Gasteiger partial charge on any atom is 0.347 e. The van der Waals surface area contributed by atoms with Gasteiger partial charge in [0.2, 0.25) is 0 Å². The average Bonchev–Trinajstić information content (AvgIpc) is 2.70. The van der Waals surface area contributed by atoms with Crippen LogP contribution in [0.3, 0.4) is 0 Å². The van der Waals surface area contributed by atoms with Gasteiger partial charge in [0.25, 0.3) is 0 Å². The van der Waals surface area contributed by atoms with Gasteiger partial charge in [-0.1, -0.05) is 0 Å². The molecular weight excluding hydrogens is 328 g/mol. The molecule has 0 amide bonds. The molecule has 2 aliphatic rings. The first kappa shape index (κ1) is 17.2. The predicted molar refractivity (Wildman–Crippen MR) is 102 cm³/mol. The number of hydrogen-bond donors (Lipinski definition) is 2. The Labute approximate surface area is 153 Å². The fourth-order valence-corrected chi connectivity index (χ4v) is 3.89. The lowest BCUT2D eigenvalue weighted by atomic mass is 9.96. The number of rotatable bonds is 4. The molecule has 4 heterocycles. The number of H-pyrrole nitrogens is 1. The van der Waals surface area contributed by atoms with E-state index in [0.29, 0.717) is 0 Å². The second-order valence-corrected chi connectivity index (χ2v) is 7.18. The molecule has 0 aliphatic carbocycles. The lowest BCUT2D eigenvalue weighted by molar-refractivity contribution is 0.190. The molecule has 0 aromatic carbocycles. The van der Waals surface area contributed by atoms with Gasteiger partial charge in [0.1, 0.15) is 5.82 Å². The Morgan fingerprint density at radius 3 is 2.69 bits per heavy atom. The minimum atomic E-state index is -0.302. The molecule has 26 heavy (non-hydrogen) atoms. The van der Waals surface area contributed by atoms with Crippen LogP contribution in [0.2, 0.25) is 0 Å². The van der Waals surface area contributed by atoms with Crippen molar-refractivity contribution in [3.63, 3.8) is 0 Å². The Bertz CT molecular complexity index is 763. The fourth-order valence-electron chi connectivity index (χ4n) is 3.89. The van der Waals surface area contributed by atoms with Crippen LogP contribution in [0.1, 0.15) is 12.8 Å². The summed E-state index contributed by atoms with van der Waals surface area (Å²) >= 11 is 0. The van der Waals surface area contributed by atoms with E-state index in [-0.39, 0.29) is 5.69 Å². The van der Waals surface area contributed by atoms with Crippen LogP contribution in [-0.2, 0) is 0 Å². The largest absolute Gasteiger partial charge is 0.356 e. The highest BCUT2D eigenvalue weighted by Gasteiger charge is 2.23. The van der Waals surface area contributed by atoms with E-state index < -0.39 is 0 Å². The summed E-state index contributed by atoms with van der Waals surface area (Å²) in [7, 11) is 0. The number of piperazine rings is 1. The minimum Gasteiger partial charge on any atom is -0.356 e. The second kappa shape index (κ2) is 7.97. The van der Waals surface area contributed by atoms with Crippen LogP contribution in [0.4, 0.5) is 5.82 Å². The average molecular weight is 354 g/mol. The molecule has 2 aromatic rings. The Morgan fingerprint density at radius 1 is 1.15 bits per heavy atom. The lowest BCUT2D eigenvalue weighted by Crippen LogP contribution is -2.47. The van der Waals surface area contributed by atoms with Crippen molar-refractivity contribution in [1.82, 2.24) is 25.2 Å². The summed E-state index contributed by atoms with van der Waals surface area (Å²) in [5.74, 6) is 1.51. The van der Waals surface area contributed by atoms with Gasteiger partial charge in [0.15, 0.2) is 0 Å². The number of hydrogen-bond acceptors (Lipinski definition) is 6. The monoisotopic (exact) mass is 354 g/mol. The molecule has 0 radical (unpaired) electrons. The Hall–Kier alpha value is -2.25. The molecule has 2 aliphatic heterocycles. The van der Waals surface area contributed by atoms with Gasteiger partial charge in [0.05, 0.1) is 5.69 Å². The van der Waals surface area contributed by atoms with Crippen molar-refractivity contribution in [1.29, 1.82) is 0 Å². The maximum absolute atomic E-state index is 12.0. The van der Waals surface area contributed by atoms with E-state index in [1.54, 1.807) is 12.4 Å². The standard InChI is InChI=1S/C19H26N6O/c26-19-22-17(16-2-1-5-21-13-16)12-18(23-19)25-8-3-15(4-9-25)14-24-10-6-20-7-11-24/h1-2,5,12-13,15,20H,3-4,6-11,14H2,(H,22,23,26). The molecule has 0 bridgehead atoms. The number of nitrogens with one attached hydrogen (secondary N) is 2. The van der Waals surface area contributed by atoms with E-state index >= 15 is 0 Å². The normalized spacial score (nSPS) is 19.6. The summed E-state index contributed by atoms with van der Waals surface area (Å²) in [6.07, 6.45) is 5.79. The lowest BCUT2D eigenvalue weighted by Gasteiger charge is -2.36. The first-order valence-corrected chi connectivity index (χ1v) is 9.48. The molecule has 7 nitrogen and oxygen atoms in total. The summed E-state index contributed by atoms with van der Waals surface area (Å²) < 4.78 is 0. The van der Waals surface area contributed by atoms with E-state index in [9.17, 15) is 4.79 Å². The van der Waals surface area contributed by atoms with Crippen molar-refractivity contribution in [2.24, 2.45) is 5.92 Å². The molecule has 0 spiro atoms. The Balaban J connectivity index is 1.41. The molecule has 2 fully saturated rings. The molecule has 0 saturated carbocycles. The van der Waals surface area contributed by atoms with Gasteiger partial charge in [-0.15, -0.1) is 0 Å². The number of anilines is 1. The zero-order valence-electron chi connectivity index (χ0n) is 15.0. The van der Waals surface area contributed by atoms with Gasteiger partial charge >= 0.3 is 5.69 Å². The molecule has 2 saturated heterocycles. The molecule has 2 aromatic heterocycles. The highest BCUT2D eigenvalue weighted by molar-refractivity contribution is 5.61. The minimum absolute atomic E-state index is 0.302. The van der Waals surface area contributed by atoms with Gasteiger partial charge in [-0.2, -0.15) is 4.98 Å². The van der Waals surface area contributed by atoms with E-state index in [4.69, 9.17) is 0 Å². The SMILES string of the molecule is O=c1nc(N2CCC(CN3CCNCC3)CC2)cc(-c2cccnc2)[nH]1. The topological polar surface area (TPSA) is 77.2 Å². The Kier molecular flexibility index (Phi) is 5.26. The van der Waals surface area contributed by atoms with E-state index in [2.05, 4.69) is 30.1 Å². The maximum atomic E-state index is 12.0. The van der Waals surface area contributed by atoms with Gasteiger partial charge in [-0.05, 0) is 30.9 Å². The molecule has 4 rings (SSSR count). The highest BCUT2D eigenvalue weighted by Crippen LogP contribution is 2.24. The third kappa shape index (κ3) is 4.11. The van der Waals surface area contributed by atoms with Gasteiger partial charge in [0, 0.05) is 69.8 Å². The van der Waals surface area contributed by atoms with Crippen LogP contribution >= 0.6 is 0 Å². The number of piperidine rings is 1. The Morgan fingerprint density at radius 2 is 1.96 bits per heavy atom.